The molecule has 0 amide bonds. The first-order valence-electron chi connectivity index (χ1n) is 7.32. The van der Waals surface area contributed by atoms with Crippen molar-refractivity contribution < 1.29 is 29.1 Å². The van der Waals surface area contributed by atoms with Gasteiger partial charge in [0.15, 0.2) is 11.5 Å². The van der Waals surface area contributed by atoms with E-state index in [9.17, 15) is 14.8 Å². The number of hydrogen-bond acceptors (Lipinski definition) is 8. The Labute approximate surface area is 145 Å². The zero-order chi connectivity index (χ0) is 18.2. The summed E-state index contributed by atoms with van der Waals surface area (Å²) >= 11 is 5.86. The molecule has 0 bridgehead atoms. The van der Waals surface area contributed by atoms with Crippen molar-refractivity contribution in [1.29, 1.82) is 0 Å². The number of halogens is 1. The van der Waals surface area contributed by atoms with Crippen molar-refractivity contribution in [3.8, 4) is 0 Å². The van der Waals surface area contributed by atoms with E-state index in [1.165, 1.54) is 6.33 Å². The third-order valence-corrected chi connectivity index (χ3v) is 5.87. The minimum Gasteiger partial charge on any atom is -0.390 e. The number of aliphatic hydroxyl groups excluding tert-OH is 2. The largest absolute Gasteiger partial charge is 0.469 e. The number of aromatic nitrogens is 4. The van der Waals surface area contributed by atoms with Crippen LogP contribution in [0.15, 0.2) is 6.33 Å². The number of phosphoric ester groups is 1. The van der Waals surface area contributed by atoms with Crippen LogP contribution in [0.1, 0.15) is 12.8 Å². The van der Waals surface area contributed by atoms with Gasteiger partial charge in [-0.2, -0.15) is 9.97 Å². The summed E-state index contributed by atoms with van der Waals surface area (Å²) in [6, 6.07) is 0. The molecule has 2 saturated carbocycles. The van der Waals surface area contributed by atoms with Gasteiger partial charge in [0.25, 0.3) is 0 Å². The van der Waals surface area contributed by atoms with Gasteiger partial charge >= 0.3 is 7.82 Å². The van der Waals surface area contributed by atoms with Crippen molar-refractivity contribution in [3.63, 3.8) is 0 Å². The zero-order valence-electron chi connectivity index (χ0n) is 12.7. The molecule has 0 radical (unpaired) electrons. The number of phosphoric acid groups is 1. The van der Waals surface area contributed by atoms with E-state index in [0.29, 0.717) is 17.6 Å². The summed E-state index contributed by atoms with van der Waals surface area (Å²) in [5.74, 6) is 0.0851. The molecule has 2 heterocycles. The molecule has 0 aliphatic heterocycles. The van der Waals surface area contributed by atoms with Gasteiger partial charge in [-0.25, -0.2) is 9.55 Å². The van der Waals surface area contributed by atoms with E-state index in [2.05, 4.69) is 19.5 Å². The number of rotatable bonds is 4. The van der Waals surface area contributed by atoms with Crippen molar-refractivity contribution in [2.45, 2.75) is 30.6 Å². The highest BCUT2D eigenvalue weighted by Crippen LogP contribution is 2.72. The van der Waals surface area contributed by atoms with E-state index >= 15 is 0 Å². The van der Waals surface area contributed by atoms with Crippen molar-refractivity contribution in [3.05, 3.63) is 11.6 Å². The third kappa shape index (κ3) is 2.32. The lowest BCUT2D eigenvalue weighted by Crippen LogP contribution is -2.33. The number of nitrogens with zero attached hydrogens (tertiary/aromatic N) is 4. The zero-order valence-corrected chi connectivity index (χ0v) is 14.3. The fraction of sp³-hybridized carbons (Fsp3) is 0.583. The maximum Gasteiger partial charge on any atom is 0.469 e. The summed E-state index contributed by atoms with van der Waals surface area (Å²) in [6.07, 6.45) is -0.389. The van der Waals surface area contributed by atoms with Crippen LogP contribution >= 0.6 is 19.4 Å². The fourth-order valence-electron chi connectivity index (χ4n) is 4.06. The number of imidazole rings is 1. The first kappa shape index (κ1) is 17.1. The molecule has 11 nitrogen and oxygen atoms in total. The van der Waals surface area contributed by atoms with Gasteiger partial charge in [-0.15, -0.1) is 0 Å². The SMILES string of the molecule is Nc1nc(Cl)nc2c1ncn2[C@]12C[C@H](O)[C@H](O)[C@]1(COP(=O)(O)O)C2. The predicted molar refractivity (Wildman–Crippen MR) is 84.4 cm³/mol. The van der Waals surface area contributed by atoms with E-state index in [4.69, 9.17) is 27.1 Å². The van der Waals surface area contributed by atoms with Gasteiger partial charge in [0.1, 0.15) is 5.52 Å². The molecule has 13 heteroatoms. The molecule has 0 spiro atoms. The lowest BCUT2D eigenvalue weighted by Gasteiger charge is -2.22. The molecule has 0 unspecified atom stereocenters. The van der Waals surface area contributed by atoms with Gasteiger partial charge in [-0.05, 0) is 18.0 Å². The summed E-state index contributed by atoms with van der Waals surface area (Å²) in [5.41, 5.74) is 4.48. The van der Waals surface area contributed by atoms with Gasteiger partial charge in [-0.3, -0.25) is 4.52 Å². The molecule has 6 N–H and O–H groups in total. The number of hydrogen-bond donors (Lipinski definition) is 5. The molecule has 2 fully saturated rings. The first-order valence-corrected chi connectivity index (χ1v) is 9.23. The second-order valence-corrected chi connectivity index (χ2v) is 8.09. The number of nitrogen functional groups attached to an aromatic ring is 1. The van der Waals surface area contributed by atoms with Crippen LogP contribution in [-0.4, -0.2) is 58.3 Å². The number of fused-ring (bicyclic) bond motifs is 2. The van der Waals surface area contributed by atoms with Crippen LogP contribution < -0.4 is 5.73 Å². The van der Waals surface area contributed by atoms with Crippen LogP contribution in [0.2, 0.25) is 5.28 Å². The van der Waals surface area contributed by atoms with Crippen molar-refractivity contribution in [1.82, 2.24) is 19.5 Å². The highest BCUT2D eigenvalue weighted by molar-refractivity contribution is 7.46. The van der Waals surface area contributed by atoms with Crippen molar-refractivity contribution in [2.24, 2.45) is 5.41 Å². The minimum absolute atomic E-state index is 0.0834. The second kappa shape index (κ2) is 5.10. The molecule has 4 rings (SSSR count). The first-order chi connectivity index (χ1) is 11.6. The number of anilines is 1. The summed E-state index contributed by atoms with van der Waals surface area (Å²) in [6.45, 7) is -0.427. The van der Waals surface area contributed by atoms with E-state index in [0.717, 1.165) is 0 Å². The lowest BCUT2D eigenvalue weighted by molar-refractivity contribution is -0.0187. The Morgan fingerprint density at radius 1 is 1.44 bits per heavy atom. The molecule has 136 valence electrons. The smallest absolute Gasteiger partial charge is 0.390 e. The summed E-state index contributed by atoms with van der Waals surface area (Å²) < 4.78 is 17.3. The van der Waals surface area contributed by atoms with Gasteiger partial charge in [0, 0.05) is 11.8 Å². The molecule has 0 saturated heterocycles. The maximum absolute atomic E-state index is 11.1. The van der Waals surface area contributed by atoms with E-state index in [1.807, 2.05) is 0 Å². The Bertz CT molecular complexity index is 919. The van der Waals surface area contributed by atoms with E-state index < -0.39 is 37.6 Å². The van der Waals surface area contributed by atoms with Crippen LogP contribution in [0.5, 0.6) is 0 Å². The van der Waals surface area contributed by atoms with Crippen molar-refractivity contribution >= 4 is 36.4 Å². The molecule has 2 aromatic heterocycles. The predicted octanol–water partition coefficient (Wildman–Crippen LogP) is -0.618. The second-order valence-electron chi connectivity index (χ2n) is 6.51. The van der Waals surface area contributed by atoms with E-state index in [1.54, 1.807) is 4.57 Å². The molecule has 2 aromatic rings. The molecule has 25 heavy (non-hydrogen) atoms. The Hall–Kier alpha value is -1.33. The summed E-state index contributed by atoms with van der Waals surface area (Å²) in [7, 11) is -4.74. The van der Waals surface area contributed by atoms with Crippen LogP contribution in [0.4, 0.5) is 5.82 Å². The molecular formula is C12H15ClN5O6P. The molecule has 2 aliphatic carbocycles. The van der Waals surface area contributed by atoms with Gasteiger partial charge < -0.3 is 30.3 Å². The van der Waals surface area contributed by atoms with Crippen LogP contribution in [-0.2, 0) is 14.6 Å². The lowest BCUT2D eigenvalue weighted by atomic mass is 10.00. The van der Waals surface area contributed by atoms with Crippen LogP contribution in [0.25, 0.3) is 11.2 Å². The van der Waals surface area contributed by atoms with Gasteiger partial charge in [-0.1, -0.05) is 0 Å². The normalized spacial score (nSPS) is 34.4. The maximum atomic E-state index is 11.1. The standard InChI is InChI=1S/C12H15ClN5O6P/c13-10-16-8(14)6-9(17-10)18(4-15-6)12-1-5(19)7(20)11(12,2-12)3-24-25(21,22)23/h4-5,7,19-20H,1-3H2,(H2,14,16,17)(H2,21,22,23)/t5-,7-,11+,12-/m0/s1. The quantitative estimate of drug-likeness (QED) is 0.333. The highest BCUT2D eigenvalue weighted by Gasteiger charge is 2.78. The third-order valence-electron chi connectivity index (χ3n) is 5.23. The highest BCUT2D eigenvalue weighted by atomic mass is 35.5. The summed E-state index contributed by atoms with van der Waals surface area (Å²) in [5, 5.41) is 20.4. The average molecular weight is 392 g/mol. The molecule has 4 atom stereocenters. The van der Waals surface area contributed by atoms with Gasteiger partial charge in [0.05, 0.1) is 30.7 Å². The van der Waals surface area contributed by atoms with Crippen LogP contribution in [0.3, 0.4) is 0 Å². The van der Waals surface area contributed by atoms with Gasteiger partial charge in [0.2, 0.25) is 5.28 Å². The minimum atomic E-state index is -4.74. The Balaban J connectivity index is 1.81. The Kier molecular flexibility index (Phi) is 3.49. The molecular weight excluding hydrogens is 377 g/mol. The monoisotopic (exact) mass is 391 g/mol. The number of aliphatic hydroxyl groups is 2. The topological polar surface area (TPSA) is 177 Å². The van der Waals surface area contributed by atoms with Crippen LogP contribution in [0, 0.1) is 5.41 Å². The molecule has 2 aliphatic rings. The summed E-state index contributed by atoms with van der Waals surface area (Å²) in [4.78, 5) is 30.1. The Morgan fingerprint density at radius 3 is 2.84 bits per heavy atom. The van der Waals surface area contributed by atoms with E-state index in [-0.39, 0.29) is 17.5 Å². The number of nitrogens with two attached hydrogens (primary N) is 1. The van der Waals surface area contributed by atoms with Crippen molar-refractivity contribution in [2.75, 3.05) is 12.3 Å². The fourth-order valence-corrected chi connectivity index (χ4v) is 4.63. The Morgan fingerprint density at radius 2 is 2.16 bits per heavy atom. The average Bonchev–Trinajstić information content (AvgIpc) is 2.82. The molecule has 0 aromatic carbocycles.